The largest absolute Gasteiger partial charge is 0.389 e. The molecule has 0 aliphatic heterocycles. The first-order chi connectivity index (χ1) is 10.8. The highest BCUT2D eigenvalue weighted by Gasteiger charge is 2.34. The number of aliphatic hydroxyl groups excluding tert-OH is 1. The van der Waals surface area contributed by atoms with Crippen LogP contribution >= 0.6 is 0 Å². The Bertz CT molecular complexity index is 565. The molecular weight excluding hydrogens is 280 g/mol. The molecule has 0 radical (unpaired) electrons. The topological polar surface area (TPSA) is 20.2 Å². The fraction of sp³-hybridized carbons (Fsp3) is 0.455. The van der Waals surface area contributed by atoms with E-state index >= 15 is 0 Å². The van der Waals surface area contributed by atoms with Gasteiger partial charge in [-0.3, -0.25) is 0 Å². The van der Waals surface area contributed by atoms with Gasteiger partial charge in [-0.05, 0) is 39.5 Å². The zero-order valence-corrected chi connectivity index (χ0v) is 15.5. The molecule has 2 atom stereocenters. The highest BCUT2D eigenvalue weighted by Crippen LogP contribution is 2.41. The van der Waals surface area contributed by atoms with Crippen LogP contribution < -0.4 is 0 Å². The molecule has 23 heavy (non-hydrogen) atoms. The standard InChI is InChI=1S/C22H32O/c1-7-8-10-17(2)11-9-12-18(3)13-14-21-19(4)15-20(23)16-22(21,5)6/h7-15,20-21,23H,16H2,1-6H3/b8-7+,11-9+,14-13+,17-10+,18-12+/t20-,21+/m1/s1. The molecule has 0 spiro atoms. The number of hydrogen-bond donors (Lipinski definition) is 1. The molecular formula is C22H32O. The van der Waals surface area contributed by atoms with Crippen molar-refractivity contribution in [3.63, 3.8) is 0 Å². The molecule has 0 amide bonds. The molecule has 0 unspecified atom stereocenters. The third-order valence-corrected chi connectivity index (χ3v) is 4.34. The first-order valence-corrected chi connectivity index (χ1v) is 8.45. The number of allylic oxidation sites excluding steroid dienone is 11. The Morgan fingerprint density at radius 3 is 2.35 bits per heavy atom. The van der Waals surface area contributed by atoms with Crippen molar-refractivity contribution < 1.29 is 5.11 Å². The summed E-state index contributed by atoms with van der Waals surface area (Å²) in [6.07, 6.45) is 19.5. The van der Waals surface area contributed by atoms with Gasteiger partial charge in [0.1, 0.15) is 0 Å². The Labute approximate surface area is 142 Å². The minimum Gasteiger partial charge on any atom is -0.389 e. The summed E-state index contributed by atoms with van der Waals surface area (Å²) >= 11 is 0. The first-order valence-electron chi connectivity index (χ1n) is 8.45. The fourth-order valence-corrected chi connectivity index (χ4v) is 3.12. The highest BCUT2D eigenvalue weighted by molar-refractivity contribution is 5.30. The molecule has 0 bridgehead atoms. The van der Waals surface area contributed by atoms with E-state index < -0.39 is 0 Å². The average molecular weight is 312 g/mol. The van der Waals surface area contributed by atoms with E-state index in [9.17, 15) is 5.11 Å². The Kier molecular flexibility index (Phi) is 7.51. The van der Waals surface area contributed by atoms with Crippen LogP contribution in [0.4, 0.5) is 0 Å². The van der Waals surface area contributed by atoms with Crippen molar-refractivity contribution in [2.24, 2.45) is 11.3 Å². The fourth-order valence-electron chi connectivity index (χ4n) is 3.12. The normalized spacial score (nSPS) is 26.5. The SMILES string of the molecule is C/C=C/C=C(C)/C=C/C=C(C)/C=C/[C@H]1C(C)=C[C@@H](O)CC1(C)C. The molecule has 0 heterocycles. The van der Waals surface area contributed by atoms with E-state index in [1.807, 2.05) is 25.2 Å². The van der Waals surface area contributed by atoms with E-state index in [0.29, 0.717) is 5.92 Å². The average Bonchev–Trinajstić information content (AvgIpc) is 2.43. The molecule has 1 rings (SSSR count). The van der Waals surface area contributed by atoms with E-state index in [4.69, 9.17) is 0 Å². The summed E-state index contributed by atoms with van der Waals surface area (Å²) in [4.78, 5) is 0. The molecule has 0 fully saturated rings. The minimum absolute atomic E-state index is 0.0939. The number of rotatable bonds is 5. The molecule has 1 aliphatic rings. The van der Waals surface area contributed by atoms with Crippen molar-refractivity contribution in [2.45, 2.75) is 54.1 Å². The van der Waals surface area contributed by atoms with E-state index in [-0.39, 0.29) is 11.5 Å². The van der Waals surface area contributed by atoms with Crippen LogP contribution in [0.25, 0.3) is 0 Å². The summed E-state index contributed by atoms with van der Waals surface area (Å²) in [5.41, 5.74) is 3.82. The third kappa shape index (κ3) is 6.58. The third-order valence-electron chi connectivity index (χ3n) is 4.34. The van der Waals surface area contributed by atoms with Gasteiger partial charge in [0.05, 0.1) is 6.10 Å². The van der Waals surface area contributed by atoms with Crippen LogP contribution in [-0.2, 0) is 0 Å². The summed E-state index contributed by atoms with van der Waals surface area (Å²) in [6.45, 7) is 12.8. The molecule has 0 aromatic rings. The molecule has 1 heteroatoms. The lowest BCUT2D eigenvalue weighted by molar-refractivity contribution is 0.117. The lowest BCUT2D eigenvalue weighted by Gasteiger charge is -2.38. The lowest BCUT2D eigenvalue weighted by Crippen LogP contribution is -2.32. The Balaban J connectivity index is 2.78. The molecule has 1 aliphatic carbocycles. The van der Waals surface area contributed by atoms with E-state index in [0.717, 1.165) is 6.42 Å². The van der Waals surface area contributed by atoms with Gasteiger partial charge in [0, 0.05) is 5.92 Å². The summed E-state index contributed by atoms with van der Waals surface area (Å²) in [6, 6.07) is 0. The van der Waals surface area contributed by atoms with Crippen LogP contribution in [0.3, 0.4) is 0 Å². The van der Waals surface area contributed by atoms with Crippen LogP contribution in [0.1, 0.15) is 48.0 Å². The van der Waals surface area contributed by atoms with Crippen molar-refractivity contribution in [2.75, 3.05) is 0 Å². The highest BCUT2D eigenvalue weighted by atomic mass is 16.3. The zero-order valence-electron chi connectivity index (χ0n) is 15.5. The minimum atomic E-state index is -0.304. The van der Waals surface area contributed by atoms with Gasteiger partial charge in [-0.15, -0.1) is 0 Å². The lowest BCUT2D eigenvalue weighted by atomic mass is 9.67. The van der Waals surface area contributed by atoms with Gasteiger partial charge >= 0.3 is 0 Å². The summed E-state index contributed by atoms with van der Waals surface area (Å²) < 4.78 is 0. The quantitative estimate of drug-likeness (QED) is 0.493. The van der Waals surface area contributed by atoms with E-state index in [1.54, 1.807) is 0 Å². The van der Waals surface area contributed by atoms with Crippen LogP contribution in [0.15, 0.2) is 71.4 Å². The second-order valence-electron chi connectivity index (χ2n) is 7.21. The zero-order chi connectivity index (χ0) is 17.5. The summed E-state index contributed by atoms with van der Waals surface area (Å²) in [5, 5.41) is 9.91. The van der Waals surface area contributed by atoms with Gasteiger partial charge in [0.25, 0.3) is 0 Å². The predicted molar refractivity (Wildman–Crippen MR) is 102 cm³/mol. The molecule has 1 nitrogen and oxygen atoms in total. The smallest absolute Gasteiger partial charge is 0.0729 e. The van der Waals surface area contributed by atoms with Crippen molar-refractivity contribution >= 4 is 0 Å². The van der Waals surface area contributed by atoms with Crippen LogP contribution in [0, 0.1) is 11.3 Å². The van der Waals surface area contributed by atoms with Crippen LogP contribution in [0.2, 0.25) is 0 Å². The maximum absolute atomic E-state index is 9.91. The molecule has 126 valence electrons. The molecule has 0 aromatic carbocycles. The monoisotopic (exact) mass is 312 g/mol. The summed E-state index contributed by atoms with van der Waals surface area (Å²) in [7, 11) is 0. The van der Waals surface area contributed by atoms with Gasteiger partial charge in [-0.2, -0.15) is 0 Å². The van der Waals surface area contributed by atoms with E-state index in [2.05, 4.69) is 71.1 Å². The summed E-state index contributed by atoms with van der Waals surface area (Å²) in [5.74, 6) is 0.384. The maximum atomic E-state index is 9.91. The Morgan fingerprint density at radius 2 is 1.74 bits per heavy atom. The second-order valence-corrected chi connectivity index (χ2v) is 7.21. The van der Waals surface area contributed by atoms with Gasteiger partial charge in [-0.25, -0.2) is 0 Å². The second kappa shape index (κ2) is 8.88. The van der Waals surface area contributed by atoms with Crippen molar-refractivity contribution in [3.05, 3.63) is 71.4 Å². The van der Waals surface area contributed by atoms with Crippen molar-refractivity contribution in [1.82, 2.24) is 0 Å². The van der Waals surface area contributed by atoms with Gasteiger partial charge in [0.15, 0.2) is 0 Å². The molecule has 0 saturated carbocycles. The first kappa shape index (κ1) is 19.4. The predicted octanol–water partition coefficient (Wildman–Crippen LogP) is 5.92. The van der Waals surface area contributed by atoms with Crippen molar-refractivity contribution in [1.29, 1.82) is 0 Å². The maximum Gasteiger partial charge on any atom is 0.0729 e. The Morgan fingerprint density at radius 1 is 1.13 bits per heavy atom. The Hall–Kier alpha value is -1.60. The van der Waals surface area contributed by atoms with Crippen LogP contribution in [-0.4, -0.2) is 11.2 Å². The molecule has 0 aromatic heterocycles. The molecule has 1 N–H and O–H groups in total. The van der Waals surface area contributed by atoms with Crippen molar-refractivity contribution in [3.8, 4) is 0 Å². The van der Waals surface area contributed by atoms with E-state index in [1.165, 1.54) is 16.7 Å². The van der Waals surface area contributed by atoms with Gasteiger partial charge in [-0.1, -0.05) is 85.3 Å². The van der Waals surface area contributed by atoms with Gasteiger partial charge < -0.3 is 5.11 Å². The van der Waals surface area contributed by atoms with Gasteiger partial charge in [0.2, 0.25) is 0 Å². The number of hydrogen-bond acceptors (Lipinski definition) is 1. The number of aliphatic hydroxyl groups is 1. The molecule has 0 saturated heterocycles. The van der Waals surface area contributed by atoms with Crippen LogP contribution in [0.5, 0.6) is 0 Å².